The molecular formula is C21H20Cl2N8O2. The van der Waals surface area contributed by atoms with Crippen molar-refractivity contribution in [1.29, 1.82) is 0 Å². The number of carbonyl (C=O) groups excluding carboxylic acids is 1. The van der Waals surface area contributed by atoms with Gasteiger partial charge in [0, 0.05) is 30.9 Å². The smallest absolute Gasteiger partial charge is 0.319 e. The van der Waals surface area contributed by atoms with Gasteiger partial charge in [0.05, 0.1) is 28.3 Å². The molecule has 4 rings (SSSR count). The molecule has 4 aromatic rings. The summed E-state index contributed by atoms with van der Waals surface area (Å²) >= 11 is 12.5. The number of hydrogen-bond acceptors (Lipinski definition) is 6. The van der Waals surface area contributed by atoms with E-state index < -0.39 is 12.1 Å². The number of ether oxygens (including phenoxy) is 1. The van der Waals surface area contributed by atoms with Gasteiger partial charge in [0.15, 0.2) is 5.82 Å². The number of nitrogens with one attached hydrogen (secondary N) is 2. The molecule has 0 saturated carbocycles. The van der Waals surface area contributed by atoms with Crippen molar-refractivity contribution in [2.75, 3.05) is 11.9 Å². The van der Waals surface area contributed by atoms with E-state index in [0.717, 1.165) is 0 Å². The summed E-state index contributed by atoms with van der Waals surface area (Å²) in [7, 11) is 0. The van der Waals surface area contributed by atoms with Gasteiger partial charge in [0.25, 0.3) is 5.95 Å². The molecule has 1 atom stereocenters. The highest BCUT2D eigenvalue weighted by atomic mass is 35.5. The normalized spacial score (nSPS) is 11.7. The Hall–Kier alpha value is -3.63. The Labute approximate surface area is 199 Å². The van der Waals surface area contributed by atoms with E-state index in [9.17, 15) is 4.79 Å². The van der Waals surface area contributed by atoms with Crippen LogP contribution in [0.5, 0.6) is 5.75 Å². The van der Waals surface area contributed by atoms with Crippen LogP contribution >= 0.6 is 23.2 Å². The van der Waals surface area contributed by atoms with E-state index in [0.29, 0.717) is 41.4 Å². The van der Waals surface area contributed by atoms with Crippen molar-refractivity contribution in [2.45, 2.75) is 19.5 Å². The van der Waals surface area contributed by atoms with Gasteiger partial charge in [-0.05, 0) is 31.2 Å². The molecule has 0 bridgehead atoms. The minimum atomic E-state index is -0.500. The molecule has 0 fully saturated rings. The van der Waals surface area contributed by atoms with E-state index in [1.165, 1.54) is 17.1 Å². The van der Waals surface area contributed by atoms with Crippen molar-refractivity contribution in [2.24, 2.45) is 0 Å². The fraction of sp³-hybridized carbons (Fsp3) is 0.190. The van der Waals surface area contributed by atoms with Crippen LogP contribution in [0.1, 0.15) is 18.8 Å². The third kappa shape index (κ3) is 5.60. The van der Waals surface area contributed by atoms with E-state index in [4.69, 9.17) is 27.9 Å². The topological polar surface area (TPSA) is 112 Å². The Kier molecular flexibility index (Phi) is 7.06. The van der Waals surface area contributed by atoms with Gasteiger partial charge in [-0.3, -0.25) is 0 Å². The number of rotatable bonds is 8. The summed E-state index contributed by atoms with van der Waals surface area (Å²) < 4.78 is 9.21. The second-order valence-electron chi connectivity index (χ2n) is 6.93. The first-order valence-electron chi connectivity index (χ1n) is 9.98. The molecule has 33 heavy (non-hydrogen) atoms. The molecule has 3 aromatic heterocycles. The first-order chi connectivity index (χ1) is 16.0. The minimum absolute atomic E-state index is 0.279. The fourth-order valence-electron chi connectivity index (χ4n) is 3.04. The van der Waals surface area contributed by atoms with Gasteiger partial charge in [-0.2, -0.15) is 9.78 Å². The van der Waals surface area contributed by atoms with Gasteiger partial charge < -0.3 is 19.9 Å². The first-order valence-corrected chi connectivity index (χ1v) is 10.7. The largest absolute Gasteiger partial charge is 0.490 e. The molecule has 0 aliphatic rings. The number of hydrogen-bond donors (Lipinski definition) is 2. The third-order valence-electron chi connectivity index (χ3n) is 4.59. The van der Waals surface area contributed by atoms with Gasteiger partial charge in [-0.25, -0.2) is 19.7 Å². The SMILES string of the molecule is CC(NC(=O)Nc1cc(OCCn2cccc2)c(Cl)cc1Cl)c1ncnn1-c1ncccn1. The average Bonchev–Trinajstić information content (AvgIpc) is 3.49. The molecule has 1 unspecified atom stereocenters. The van der Waals surface area contributed by atoms with Crippen molar-refractivity contribution in [1.82, 2.24) is 34.6 Å². The first kappa shape index (κ1) is 22.6. The van der Waals surface area contributed by atoms with Crippen LogP contribution in [0, 0.1) is 0 Å². The standard InChI is InChI=1S/C21H20Cl2N8O2/c1-14(19-26-13-27-31(19)20-24-5-4-6-25-20)28-21(32)29-17-12-18(16(23)11-15(17)22)33-10-9-30-7-2-3-8-30/h2-8,11-14H,9-10H2,1H3,(H2,28,29,32). The van der Waals surface area contributed by atoms with Crippen molar-refractivity contribution < 1.29 is 9.53 Å². The van der Waals surface area contributed by atoms with Crippen LogP contribution in [0.15, 0.2) is 61.4 Å². The maximum Gasteiger partial charge on any atom is 0.319 e. The second-order valence-corrected chi connectivity index (χ2v) is 7.75. The van der Waals surface area contributed by atoms with E-state index in [2.05, 4.69) is 30.7 Å². The molecule has 2 N–H and O–H groups in total. The number of benzene rings is 1. The fourth-order valence-corrected chi connectivity index (χ4v) is 3.52. The molecule has 12 heteroatoms. The maximum absolute atomic E-state index is 12.6. The van der Waals surface area contributed by atoms with Crippen LogP contribution in [-0.2, 0) is 6.54 Å². The molecule has 0 aliphatic heterocycles. The molecule has 2 amide bonds. The Bertz CT molecular complexity index is 1210. The maximum atomic E-state index is 12.6. The highest BCUT2D eigenvalue weighted by Crippen LogP contribution is 2.34. The molecule has 170 valence electrons. The van der Waals surface area contributed by atoms with E-state index in [-0.39, 0.29) is 5.02 Å². The number of aromatic nitrogens is 6. The lowest BCUT2D eigenvalue weighted by Crippen LogP contribution is -2.32. The Balaban J connectivity index is 1.40. The molecule has 3 heterocycles. The van der Waals surface area contributed by atoms with Crippen molar-refractivity contribution >= 4 is 34.9 Å². The van der Waals surface area contributed by atoms with Crippen molar-refractivity contribution in [3.63, 3.8) is 0 Å². The van der Waals surface area contributed by atoms with Crippen LogP contribution in [-0.4, -0.2) is 41.9 Å². The second kappa shape index (κ2) is 10.3. The lowest BCUT2D eigenvalue weighted by Gasteiger charge is -2.16. The van der Waals surface area contributed by atoms with E-state index in [1.54, 1.807) is 31.5 Å². The predicted molar refractivity (Wildman–Crippen MR) is 124 cm³/mol. The number of amides is 2. The van der Waals surface area contributed by atoms with Gasteiger partial charge in [-0.15, -0.1) is 0 Å². The summed E-state index contributed by atoms with van der Waals surface area (Å²) in [6.07, 6.45) is 8.44. The van der Waals surface area contributed by atoms with Crippen LogP contribution in [0.3, 0.4) is 0 Å². The summed E-state index contributed by atoms with van der Waals surface area (Å²) in [4.78, 5) is 25.2. The lowest BCUT2D eigenvalue weighted by atomic mass is 10.3. The molecule has 0 aliphatic carbocycles. The summed E-state index contributed by atoms with van der Waals surface area (Å²) in [6, 6.07) is 7.69. The van der Waals surface area contributed by atoms with Crippen LogP contribution in [0.25, 0.3) is 5.95 Å². The zero-order valence-corrected chi connectivity index (χ0v) is 19.0. The van der Waals surface area contributed by atoms with Crippen molar-refractivity contribution in [3.8, 4) is 11.7 Å². The van der Waals surface area contributed by atoms with E-state index >= 15 is 0 Å². The highest BCUT2D eigenvalue weighted by Gasteiger charge is 2.19. The minimum Gasteiger partial charge on any atom is -0.490 e. The number of anilines is 1. The lowest BCUT2D eigenvalue weighted by molar-refractivity contribution is 0.248. The third-order valence-corrected chi connectivity index (χ3v) is 5.20. The summed E-state index contributed by atoms with van der Waals surface area (Å²) in [5, 5.41) is 10.3. The number of urea groups is 1. The molecular weight excluding hydrogens is 467 g/mol. The Morgan fingerprint density at radius 3 is 2.61 bits per heavy atom. The average molecular weight is 487 g/mol. The molecule has 1 aromatic carbocycles. The van der Waals surface area contributed by atoms with Gasteiger partial charge in [-0.1, -0.05) is 23.2 Å². The monoisotopic (exact) mass is 486 g/mol. The molecule has 0 radical (unpaired) electrons. The summed E-state index contributed by atoms with van der Waals surface area (Å²) in [5.74, 6) is 1.23. The zero-order valence-electron chi connectivity index (χ0n) is 17.5. The van der Waals surface area contributed by atoms with E-state index in [1.807, 2.05) is 29.1 Å². The zero-order chi connectivity index (χ0) is 23.2. The number of nitrogens with zero attached hydrogens (tertiary/aromatic N) is 6. The Morgan fingerprint density at radius 1 is 1.09 bits per heavy atom. The predicted octanol–water partition coefficient (Wildman–Crippen LogP) is 4.13. The Morgan fingerprint density at radius 2 is 1.85 bits per heavy atom. The van der Waals surface area contributed by atoms with Gasteiger partial charge in [0.1, 0.15) is 18.7 Å². The van der Waals surface area contributed by atoms with Crippen LogP contribution in [0.4, 0.5) is 10.5 Å². The molecule has 0 spiro atoms. The molecule has 10 nitrogen and oxygen atoms in total. The number of halogens is 2. The highest BCUT2D eigenvalue weighted by molar-refractivity contribution is 6.37. The summed E-state index contributed by atoms with van der Waals surface area (Å²) in [5.41, 5.74) is 0.356. The van der Waals surface area contributed by atoms with Gasteiger partial charge >= 0.3 is 6.03 Å². The van der Waals surface area contributed by atoms with Crippen molar-refractivity contribution in [3.05, 3.63) is 77.3 Å². The number of carbonyl (C=O) groups is 1. The quantitative estimate of drug-likeness (QED) is 0.387. The van der Waals surface area contributed by atoms with Crippen LogP contribution in [0.2, 0.25) is 10.0 Å². The molecule has 0 saturated heterocycles. The van der Waals surface area contributed by atoms with Crippen LogP contribution < -0.4 is 15.4 Å². The van der Waals surface area contributed by atoms with Gasteiger partial charge in [0.2, 0.25) is 0 Å². The summed E-state index contributed by atoms with van der Waals surface area (Å²) in [6.45, 7) is 2.82.